The third kappa shape index (κ3) is 3.80. The first-order valence-corrected chi connectivity index (χ1v) is 8.27. The van der Waals surface area contributed by atoms with E-state index in [0.717, 1.165) is 6.42 Å². The van der Waals surface area contributed by atoms with Crippen LogP contribution >= 0.6 is 23.2 Å². The van der Waals surface area contributed by atoms with Gasteiger partial charge in [-0.25, -0.2) is 0 Å². The number of carbonyl (C=O) groups excluding carboxylic acids is 1. The normalized spacial score (nSPS) is 15.0. The first kappa shape index (κ1) is 16.2. The van der Waals surface area contributed by atoms with Gasteiger partial charge in [-0.15, -0.1) is 0 Å². The van der Waals surface area contributed by atoms with Crippen molar-refractivity contribution in [3.8, 4) is 5.75 Å². The molecular formula is C18H17Cl2NO2. The summed E-state index contributed by atoms with van der Waals surface area (Å²) in [6.45, 7) is 3.08. The van der Waals surface area contributed by atoms with Crippen molar-refractivity contribution in [2.24, 2.45) is 0 Å². The van der Waals surface area contributed by atoms with Crippen LogP contribution in [0, 0.1) is 0 Å². The molecular weight excluding hydrogens is 333 g/mol. The molecule has 0 bridgehead atoms. The maximum absolute atomic E-state index is 12.6. The number of rotatable bonds is 3. The van der Waals surface area contributed by atoms with E-state index in [1.165, 1.54) is 11.1 Å². The van der Waals surface area contributed by atoms with Gasteiger partial charge in [0.2, 0.25) is 0 Å². The van der Waals surface area contributed by atoms with Gasteiger partial charge in [-0.3, -0.25) is 4.79 Å². The molecule has 0 saturated heterocycles. The zero-order chi connectivity index (χ0) is 16.4. The van der Waals surface area contributed by atoms with Crippen LogP contribution in [-0.4, -0.2) is 23.5 Å². The summed E-state index contributed by atoms with van der Waals surface area (Å²) in [6.07, 6.45) is 0.284. The number of hydrogen-bond acceptors (Lipinski definition) is 2. The van der Waals surface area contributed by atoms with Crippen molar-refractivity contribution in [1.29, 1.82) is 0 Å². The quantitative estimate of drug-likeness (QED) is 0.824. The molecule has 3 rings (SSSR count). The van der Waals surface area contributed by atoms with Crippen LogP contribution in [-0.2, 0) is 17.8 Å². The van der Waals surface area contributed by atoms with Crippen molar-refractivity contribution >= 4 is 29.1 Å². The van der Waals surface area contributed by atoms with Crippen LogP contribution in [0.3, 0.4) is 0 Å². The number of fused-ring (bicyclic) bond motifs is 1. The van der Waals surface area contributed by atoms with E-state index < -0.39 is 6.10 Å². The second kappa shape index (κ2) is 6.81. The van der Waals surface area contributed by atoms with Crippen molar-refractivity contribution in [2.75, 3.05) is 6.54 Å². The van der Waals surface area contributed by atoms with Crippen molar-refractivity contribution in [3.63, 3.8) is 0 Å². The Balaban J connectivity index is 1.68. The van der Waals surface area contributed by atoms with Gasteiger partial charge in [-0.05, 0) is 42.7 Å². The highest BCUT2D eigenvalue weighted by molar-refractivity contribution is 6.34. The Morgan fingerprint density at radius 2 is 1.78 bits per heavy atom. The maximum Gasteiger partial charge on any atom is 0.263 e. The van der Waals surface area contributed by atoms with Crippen LogP contribution < -0.4 is 4.74 Å². The van der Waals surface area contributed by atoms with Crippen LogP contribution in [0.1, 0.15) is 18.1 Å². The predicted octanol–water partition coefficient (Wildman–Crippen LogP) is 4.35. The highest BCUT2D eigenvalue weighted by Gasteiger charge is 2.25. The molecule has 1 unspecified atom stereocenters. The predicted molar refractivity (Wildman–Crippen MR) is 92.1 cm³/mol. The molecule has 120 valence electrons. The zero-order valence-electron chi connectivity index (χ0n) is 12.8. The second-order valence-electron chi connectivity index (χ2n) is 5.64. The zero-order valence-corrected chi connectivity index (χ0v) is 14.3. The molecule has 0 spiro atoms. The molecule has 1 amide bonds. The number of nitrogens with zero attached hydrogens (tertiary/aromatic N) is 1. The van der Waals surface area contributed by atoms with Gasteiger partial charge in [0.25, 0.3) is 5.91 Å². The van der Waals surface area contributed by atoms with Gasteiger partial charge in [-0.1, -0.05) is 47.5 Å². The lowest BCUT2D eigenvalue weighted by atomic mass is 9.99. The van der Waals surface area contributed by atoms with E-state index in [1.54, 1.807) is 25.1 Å². The minimum absolute atomic E-state index is 0.0319. The minimum Gasteiger partial charge on any atom is -0.481 e. The van der Waals surface area contributed by atoms with Gasteiger partial charge in [0.05, 0.1) is 0 Å². The molecule has 5 heteroatoms. The highest BCUT2D eigenvalue weighted by atomic mass is 35.5. The average molecular weight is 350 g/mol. The number of halogens is 2. The van der Waals surface area contributed by atoms with Crippen molar-refractivity contribution in [3.05, 3.63) is 63.6 Å². The average Bonchev–Trinajstić information content (AvgIpc) is 2.52. The van der Waals surface area contributed by atoms with E-state index in [9.17, 15) is 4.79 Å². The van der Waals surface area contributed by atoms with Gasteiger partial charge in [0.1, 0.15) is 5.75 Å². The Labute approximate surface area is 145 Å². The van der Waals surface area contributed by atoms with Crippen LogP contribution in [0.4, 0.5) is 0 Å². The lowest BCUT2D eigenvalue weighted by Gasteiger charge is -2.31. The van der Waals surface area contributed by atoms with E-state index in [2.05, 4.69) is 12.1 Å². The molecule has 0 N–H and O–H groups in total. The van der Waals surface area contributed by atoms with Crippen LogP contribution in [0.5, 0.6) is 5.75 Å². The van der Waals surface area contributed by atoms with E-state index in [4.69, 9.17) is 27.9 Å². The van der Waals surface area contributed by atoms with Gasteiger partial charge < -0.3 is 9.64 Å². The molecule has 3 nitrogen and oxygen atoms in total. The third-order valence-electron chi connectivity index (χ3n) is 3.94. The molecule has 1 aliphatic rings. The number of hydrogen-bond donors (Lipinski definition) is 0. The Morgan fingerprint density at radius 1 is 1.13 bits per heavy atom. The van der Waals surface area contributed by atoms with Crippen LogP contribution in [0.25, 0.3) is 0 Å². The molecule has 0 radical (unpaired) electrons. The largest absolute Gasteiger partial charge is 0.481 e. The Kier molecular flexibility index (Phi) is 4.79. The summed E-state index contributed by atoms with van der Waals surface area (Å²) >= 11 is 11.9. The van der Waals surface area contributed by atoms with E-state index in [1.807, 2.05) is 17.0 Å². The molecule has 1 atom stereocenters. The molecule has 1 aliphatic heterocycles. The SMILES string of the molecule is CC(Oc1cc(Cl)cc(Cl)c1)C(=O)N1CCc2ccccc2C1. The molecule has 0 saturated carbocycles. The molecule has 1 heterocycles. The fraction of sp³-hybridized carbons (Fsp3) is 0.278. The van der Waals surface area contributed by atoms with Crippen LogP contribution in [0.15, 0.2) is 42.5 Å². The van der Waals surface area contributed by atoms with Gasteiger partial charge in [-0.2, -0.15) is 0 Å². The molecule has 0 aliphatic carbocycles. The first-order chi connectivity index (χ1) is 11.0. The number of amides is 1. The van der Waals surface area contributed by atoms with Gasteiger partial charge in [0.15, 0.2) is 6.10 Å². The summed E-state index contributed by atoms with van der Waals surface area (Å²) < 4.78 is 5.72. The van der Waals surface area contributed by atoms with Gasteiger partial charge >= 0.3 is 0 Å². The van der Waals surface area contributed by atoms with Crippen molar-refractivity contribution in [2.45, 2.75) is 26.0 Å². The van der Waals surface area contributed by atoms with E-state index in [-0.39, 0.29) is 5.91 Å². The fourth-order valence-corrected chi connectivity index (χ4v) is 3.30. The summed E-state index contributed by atoms with van der Waals surface area (Å²) in [5.41, 5.74) is 2.51. The Morgan fingerprint density at radius 3 is 2.48 bits per heavy atom. The topological polar surface area (TPSA) is 29.5 Å². The van der Waals surface area contributed by atoms with Gasteiger partial charge in [0, 0.05) is 23.1 Å². The summed E-state index contributed by atoms with van der Waals surface area (Å²) in [7, 11) is 0. The van der Waals surface area contributed by atoms with Crippen molar-refractivity contribution in [1.82, 2.24) is 4.90 Å². The smallest absolute Gasteiger partial charge is 0.263 e. The second-order valence-corrected chi connectivity index (χ2v) is 6.52. The third-order valence-corrected chi connectivity index (χ3v) is 4.38. The highest BCUT2D eigenvalue weighted by Crippen LogP contribution is 2.26. The fourth-order valence-electron chi connectivity index (χ4n) is 2.79. The standard InChI is InChI=1S/C18H17Cl2NO2/c1-12(23-17-9-15(19)8-16(20)10-17)18(22)21-7-6-13-4-2-3-5-14(13)11-21/h2-5,8-10,12H,6-7,11H2,1H3. The maximum atomic E-state index is 12.6. The monoisotopic (exact) mass is 349 g/mol. The lowest BCUT2D eigenvalue weighted by molar-refractivity contribution is -0.138. The first-order valence-electron chi connectivity index (χ1n) is 7.51. The van der Waals surface area contributed by atoms with Crippen molar-refractivity contribution < 1.29 is 9.53 Å². The number of ether oxygens (including phenoxy) is 1. The van der Waals surface area contributed by atoms with Crippen LogP contribution in [0.2, 0.25) is 10.0 Å². The molecule has 23 heavy (non-hydrogen) atoms. The summed E-state index contributed by atoms with van der Waals surface area (Å²) in [5.74, 6) is 0.469. The Hall–Kier alpha value is -1.71. The number of benzene rings is 2. The molecule has 2 aromatic rings. The molecule has 0 aromatic heterocycles. The van der Waals surface area contributed by atoms with E-state index >= 15 is 0 Å². The summed E-state index contributed by atoms with van der Waals surface area (Å²) in [6, 6.07) is 13.2. The minimum atomic E-state index is -0.588. The molecule has 2 aromatic carbocycles. The lowest BCUT2D eigenvalue weighted by Crippen LogP contribution is -2.43. The molecule has 0 fully saturated rings. The number of carbonyl (C=O) groups is 1. The Bertz CT molecular complexity index is 712. The van der Waals surface area contributed by atoms with E-state index in [0.29, 0.717) is 28.9 Å². The summed E-state index contributed by atoms with van der Waals surface area (Å²) in [4.78, 5) is 14.4. The summed E-state index contributed by atoms with van der Waals surface area (Å²) in [5, 5.41) is 0.970.